The van der Waals surface area contributed by atoms with Gasteiger partial charge in [0.05, 0.1) is 28.8 Å². The Balaban J connectivity index is 1.70. The minimum absolute atomic E-state index is 0.0451. The van der Waals surface area contributed by atoms with Crippen molar-refractivity contribution in [2.45, 2.75) is 18.6 Å². The molecule has 2 aromatic rings. The van der Waals surface area contributed by atoms with E-state index in [4.69, 9.17) is 0 Å². The Labute approximate surface area is 165 Å². The molecular weight excluding hydrogens is 383 g/mol. The maximum atomic E-state index is 13.1. The van der Waals surface area contributed by atoms with Gasteiger partial charge in [0.1, 0.15) is 6.07 Å². The van der Waals surface area contributed by atoms with Crippen LogP contribution in [0.4, 0.5) is 24.5 Å². The van der Waals surface area contributed by atoms with Crippen LogP contribution in [0.2, 0.25) is 0 Å². The van der Waals surface area contributed by atoms with Crippen LogP contribution in [0.15, 0.2) is 42.5 Å². The molecule has 0 amide bonds. The van der Waals surface area contributed by atoms with E-state index in [1.165, 1.54) is 6.07 Å². The first-order valence-electron chi connectivity index (χ1n) is 9.23. The number of nitriles is 1. The van der Waals surface area contributed by atoms with Gasteiger partial charge < -0.3 is 14.9 Å². The van der Waals surface area contributed by atoms with Crippen molar-refractivity contribution in [3.05, 3.63) is 59.2 Å². The average Bonchev–Trinajstić information content (AvgIpc) is 2.71. The van der Waals surface area contributed by atoms with Crippen molar-refractivity contribution in [2.24, 2.45) is 5.92 Å². The fraction of sp³-hybridized carbons (Fsp3) is 0.333. The lowest BCUT2D eigenvalue weighted by atomic mass is 9.83. The van der Waals surface area contributed by atoms with Gasteiger partial charge in [0.25, 0.3) is 0 Å². The van der Waals surface area contributed by atoms with Gasteiger partial charge in [-0.2, -0.15) is 18.4 Å². The van der Waals surface area contributed by atoms with Gasteiger partial charge in [-0.25, -0.2) is 0 Å². The van der Waals surface area contributed by atoms with E-state index < -0.39 is 29.7 Å². The molecule has 150 valence electrons. The van der Waals surface area contributed by atoms with Crippen LogP contribution >= 0.6 is 0 Å². The maximum Gasteiger partial charge on any atom is 0.416 e. The van der Waals surface area contributed by atoms with Crippen molar-refractivity contribution in [1.82, 2.24) is 0 Å². The quantitative estimate of drug-likeness (QED) is 0.834. The monoisotopic (exact) mass is 401 g/mol. The number of piperazine rings is 1. The minimum atomic E-state index is -4.47. The molecule has 2 heterocycles. The largest absolute Gasteiger partial charge is 0.481 e. The van der Waals surface area contributed by atoms with Crippen molar-refractivity contribution in [3.8, 4) is 6.07 Å². The third-order valence-electron chi connectivity index (χ3n) is 5.72. The number of aliphatic carboxylic acids is 1. The van der Waals surface area contributed by atoms with Crippen molar-refractivity contribution in [3.63, 3.8) is 0 Å². The molecule has 1 N–H and O–H groups in total. The Morgan fingerprint density at radius 2 is 1.90 bits per heavy atom. The zero-order valence-electron chi connectivity index (χ0n) is 15.4. The zero-order valence-corrected chi connectivity index (χ0v) is 15.4. The molecule has 29 heavy (non-hydrogen) atoms. The summed E-state index contributed by atoms with van der Waals surface area (Å²) in [7, 11) is 0. The number of carbonyl (C=O) groups is 1. The minimum Gasteiger partial charge on any atom is -0.481 e. The van der Waals surface area contributed by atoms with Crippen LogP contribution in [0, 0.1) is 17.2 Å². The van der Waals surface area contributed by atoms with E-state index in [1.807, 2.05) is 21.9 Å². The van der Waals surface area contributed by atoms with Crippen LogP contribution < -0.4 is 9.80 Å². The normalized spacial score (nSPS) is 21.2. The molecule has 0 spiro atoms. The van der Waals surface area contributed by atoms with Crippen LogP contribution in [-0.4, -0.2) is 36.8 Å². The second-order valence-electron chi connectivity index (χ2n) is 7.33. The highest BCUT2D eigenvalue weighted by Crippen LogP contribution is 2.40. The third kappa shape index (κ3) is 3.37. The summed E-state index contributed by atoms with van der Waals surface area (Å²) in [5.74, 6) is -1.86. The molecule has 2 aliphatic heterocycles. The van der Waals surface area contributed by atoms with E-state index in [9.17, 15) is 28.3 Å². The summed E-state index contributed by atoms with van der Waals surface area (Å²) in [5.41, 5.74) is 1.57. The fourth-order valence-corrected chi connectivity index (χ4v) is 4.35. The van der Waals surface area contributed by atoms with E-state index in [0.717, 1.165) is 17.8 Å². The number of alkyl halides is 3. The molecule has 2 unspecified atom stereocenters. The number of nitrogens with zero attached hydrogens (tertiary/aromatic N) is 3. The third-order valence-corrected chi connectivity index (χ3v) is 5.72. The predicted molar refractivity (Wildman–Crippen MR) is 101 cm³/mol. The summed E-state index contributed by atoms with van der Waals surface area (Å²) in [6.45, 7) is 1.39. The van der Waals surface area contributed by atoms with E-state index >= 15 is 0 Å². The Bertz CT molecular complexity index is 999. The molecule has 4 rings (SSSR count). The molecule has 2 aromatic carbocycles. The maximum absolute atomic E-state index is 13.1. The molecule has 0 aliphatic carbocycles. The molecule has 0 radical (unpaired) electrons. The van der Waals surface area contributed by atoms with Gasteiger partial charge in [0.15, 0.2) is 0 Å². The Hall–Kier alpha value is -3.21. The SMILES string of the molecule is N#Cc1ccccc1N1CCN2c3ccc(C(F)(F)F)cc3CC(C(=O)O)C2C1. The van der Waals surface area contributed by atoms with Crippen molar-refractivity contribution < 1.29 is 23.1 Å². The smallest absolute Gasteiger partial charge is 0.416 e. The first-order valence-corrected chi connectivity index (χ1v) is 9.23. The van der Waals surface area contributed by atoms with Crippen LogP contribution in [0.5, 0.6) is 0 Å². The molecule has 0 saturated carbocycles. The van der Waals surface area contributed by atoms with E-state index in [-0.39, 0.29) is 6.42 Å². The molecule has 1 saturated heterocycles. The van der Waals surface area contributed by atoms with Gasteiger partial charge in [-0.15, -0.1) is 0 Å². The lowest BCUT2D eigenvalue weighted by Gasteiger charge is -2.49. The molecule has 5 nitrogen and oxygen atoms in total. The van der Waals surface area contributed by atoms with Crippen molar-refractivity contribution in [2.75, 3.05) is 29.4 Å². The number of halogens is 3. The number of hydrogen-bond acceptors (Lipinski definition) is 4. The van der Waals surface area contributed by atoms with E-state index in [2.05, 4.69) is 6.07 Å². The van der Waals surface area contributed by atoms with E-state index in [0.29, 0.717) is 36.4 Å². The lowest BCUT2D eigenvalue weighted by Crippen LogP contribution is -2.60. The van der Waals surface area contributed by atoms with Crippen LogP contribution in [0.25, 0.3) is 0 Å². The van der Waals surface area contributed by atoms with Crippen LogP contribution in [0.1, 0.15) is 16.7 Å². The number of hydrogen-bond donors (Lipinski definition) is 1. The molecule has 0 aromatic heterocycles. The number of rotatable bonds is 2. The summed E-state index contributed by atoms with van der Waals surface area (Å²) in [5, 5.41) is 19.1. The highest BCUT2D eigenvalue weighted by atomic mass is 19.4. The standard InChI is InChI=1S/C21H18F3N3O2/c22-21(23,24)15-5-6-18-14(9-15)10-16(20(28)29)19-12-26(7-8-27(18)19)17-4-2-1-3-13(17)11-25/h1-6,9,16,19H,7-8,10,12H2,(H,28,29). The first kappa shape index (κ1) is 19.1. The lowest BCUT2D eigenvalue weighted by molar-refractivity contribution is -0.142. The van der Waals surface area contributed by atoms with Gasteiger partial charge in [-0.3, -0.25) is 4.79 Å². The number of anilines is 2. The number of para-hydroxylation sites is 1. The van der Waals surface area contributed by atoms with Crippen LogP contribution in [0.3, 0.4) is 0 Å². The first-order chi connectivity index (χ1) is 13.8. The molecular formula is C21H18F3N3O2. The van der Waals surface area contributed by atoms with E-state index in [1.54, 1.807) is 12.1 Å². The summed E-state index contributed by atoms with van der Waals surface area (Å²) in [6, 6.07) is 12.5. The Morgan fingerprint density at radius 1 is 1.14 bits per heavy atom. The fourth-order valence-electron chi connectivity index (χ4n) is 4.35. The summed E-state index contributed by atoms with van der Waals surface area (Å²) in [6.07, 6.45) is -4.42. The molecule has 0 bridgehead atoms. The highest BCUT2D eigenvalue weighted by Gasteiger charge is 2.43. The predicted octanol–water partition coefficient (Wildman–Crippen LogP) is 3.53. The molecule has 2 aliphatic rings. The molecule has 2 atom stereocenters. The summed E-state index contributed by atoms with van der Waals surface area (Å²) < 4.78 is 39.3. The van der Waals surface area contributed by atoms with Crippen LogP contribution in [-0.2, 0) is 17.4 Å². The molecule has 1 fully saturated rings. The Morgan fingerprint density at radius 3 is 2.59 bits per heavy atom. The summed E-state index contributed by atoms with van der Waals surface area (Å²) in [4.78, 5) is 15.8. The topological polar surface area (TPSA) is 67.6 Å². The highest BCUT2D eigenvalue weighted by molar-refractivity contribution is 5.76. The van der Waals surface area contributed by atoms with Gasteiger partial charge in [-0.1, -0.05) is 12.1 Å². The second-order valence-corrected chi connectivity index (χ2v) is 7.33. The van der Waals surface area contributed by atoms with Gasteiger partial charge in [-0.05, 0) is 42.3 Å². The van der Waals surface area contributed by atoms with Gasteiger partial charge in [0.2, 0.25) is 0 Å². The second kappa shape index (κ2) is 6.99. The zero-order chi connectivity index (χ0) is 20.8. The Kier molecular flexibility index (Phi) is 4.61. The number of carboxylic acids is 1. The number of fused-ring (bicyclic) bond motifs is 3. The number of carboxylic acid groups (broad SMARTS) is 1. The van der Waals surface area contributed by atoms with Crippen molar-refractivity contribution >= 4 is 17.3 Å². The van der Waals surface area contributed by atoms with Crippen molar-refractivity contribution in [1.29, 1.82) is 5.26 Å². The van der Waals surface area contributed by atoms with Gasteiger partial charge >= 0.3 is 12.1 Å². The molecule has 8 heteroatoms. The summed E-state index contributed by atoms with van der Waals surface area (Å²) >= 11 is 0. The van der Waals surface area contributed by atoms with Gasteiger partial charge in [0, 0.05) is 25.3 Å². The average molecular weight is 401 g/mol. The number of benzene rings is 2.